The Morgan fingerprint density at radius 2 is 2.00 bits per heavy atom. The molecule has 3 N–H and O–H groups in total. The van der Waals surface area contributed by atoms with Crippen LogP contribution in [0.5, 0.6) is 5.75 Å². The smallest absolute Gasteiger partial charge is 0.246 e. The standard InChI is InChI=1S/C16H23N3O3/c1-11(12-3-4-12)19(16(21)10-18-15(20)9-17)13-5-7-14(22-2)8-6-13/h5-8,11-12H,3-4,9-10,17H2,1-2H3,(H,18,20). The van der Waals surface area contributed by atoms with Crippen LogP contribution in [-0.4, -0.2) is 38.1 Å². The van der Waals surface area contributed by atoms with E-state index in [1.165, 1.54) is 0 Å². The van der Waals surface area contributed by atoms with Crippen LogP contribution in [0.3, 0.4) is 0 Å². The lowest BCUT2D eigenvalue weighted by Crippen LogP contribution is -2.46. The van der Waals surface area contributed by atoms with Crippen molar-refractivity contribution in [2.75, 3.05) is 25.1 Å². The van der Waals surface area contributed by atoms with E-state index in [0.29, 0.717) is 5.92 Å². The van der Waals surface area contributed by atoms with E-state index >= 15 is 0 Å². The van der Waals surface area contributed by atoms with E-state index in [9.17, 15) is 9.59 Å². The summed E-state index contributed by atoms with van der Waals surface area (Å²) >= 11 is 0. The molecule has 6 nitrogen and oxygen atoms in total. The van der Waals surface area contributed by atoms with Crippen LogP contribution in [0.2, 0.25) is 0 Å². The second-order valence-corrected chi connectivity index (χ2v) is 5.52. The molecule has 0 spiro atoms. The van der Waals surface area contributed by atoms with E-state index < -0.39 is 0 Å². The summed E-state index contributed by atoms with van der Waals surface area (Å²) in [6.45, 7) is 1.89. The van der Waals surface area contributed by atoms with Crippen molar-refractivity contribution in [1.29, 1.82) is 0 Å². The Morgan fingerprint density at radius 1 is 1.36 bits per heavy atom. The van der Waals surface area contributed by atoms with Gasteiger partial charge in [0.15, 0.2) is 0 Å². The van der Waals surface area contributed by atoms with Crippen molar-refractivity contribution >= 4 is 17.5 Å². The van der Waals surface area contributed by atoms with Crippen LogP contribution < -0.4 is 20.7 Å². The first-order valence-electron chi connectivity index (χ1n) is 7.49. The Kier molecular flexibility index (Phi) is 5.38. The van der Waals surface area contributed by atoms with Crippen molar-refractivity contribution in [2.24, 2.45) is 11.7 Å². The molecule has 0 aromatic heterocycles. The fraction of sp³-hybridized carbons (Fsp3) is 0.500. The number of carbonyl (C=O) groups is 2. The molecule has 1 atom stereocenters. The molecule has 0 heterocycles. The van der Waals surface area contributed by atoms with Crippen LogP contribution in [0.25, 0.3) is 0 Å². The minimum absolute atomic E-state index is 0.0425. The second kappa shape index (κ2) is 7.26. The zero-order valence-electron chi connectivity index (χ0n) is 13.0. The van der Waals surface area contributed by atoms with Gasteiger partial charge in [-0.25, -0.2) is 0 Å². The quantitative estimate of drug-likeness (QED) is 0.784. The lowest BCUT2D eigenvalue weighted by Gasteiger charge is -2.30. The molecule has 1 aromatic carbocycles. The van der Waals surface area contributed by atoms with Gasteiger partial charge in [0.2, 0.25) is 11.8 Å². The van der Waals surface area contributed by atoms with Crippen molar-refractivity contribution in [1.82, 2.24) is 5.32 Å². The maximum Gasteiger partial charge on any atom is 0.246 e. The monoisotopic (exact) mass is 305 g/mol. The van der Waals surface area contributed by atoms with Crippen LogP contribution in [0.15, 0.2) is 24.3 Å². The Bertz CT molecular complexity index is 526. The van der Waals surface area contributed by atoms with Gasteiger partial charge in [-0.3, -0.25) is 9.59 Å². The maximum atomic E-state index is 12.5. The summed E-state index contributed by atoms with van der Waals surface area (Å²) in [4.78, 5) is 25.5. The van der Waals surface area contributed by atoms with Gasteiger partial charge in [-0.1, -0.05) is 0 Å². The van der Waals surface area contributed by atoms with Crippen molar-refractivity contribution in [3.8, 4) is 5.75 Å². The number of carbonyl (C=O) groups excluding carboxylic acids is 2. The minimum Gasteiger partial charge on any atom is -0.497 e. The number of nitrogens with one attached hydrogen (secondary N) is 1. The molecule has 0 radical (unpaired) electrons. The highest BCUT2D eigenvalue weighted by Crippen LogP contribution is 2.37. The van der Waals surface area contributed by atoms with Gasteiger partial charge in [0.1, 0.15) is 5.75 Å². The van der Waals surface area contributed by atoms with Crippen molar-refractivity contribution in [3.63, 3.8) is 0 Å². The van der Waals surface area contributed by atoms with Crippen LogP contribution in [0.4, 0.5) is 5.69 Å². The summed E-state index contributed by atoms with van der Waals surface area (Å²) in [7, 11) is 1.60. The van der Waals surface area contributed by atoms with Crippen molar-refractivity contribution in [3.05, 3.63) is 24.3 Å². The number of amides is 2. The predicted octanol–water partition coefficient (Wildman–Crippen LogP) is 0.902. The number of hydrogen-bond acceptors (Lipinski definition) is 4. The highest BCUT2D eigenvalue weighted by molar-refractivity contribution is 5.97. The Labute approximate surface area is 130 Å². The first kappa shape index (κ1) is 16.3. The normalized spacial score (nSPS) is 15.0. The molecule has 2 rings (SSSR count). The van der Waals surface area contributed by atoms with E-state index in [-0.39, 0.29) is 30.9 Å². The molecule has 0 aliphatic heterocycles. The molecule has 1 unspecified atom stereocenters. The SMILES string of the molecule is COc1ccc(N(C(=O)CNC(=O)CN)C(C)C2CC2)cc1. The second-order valence-electron chi connectivity index (χ2n) is 5.52. The summed E-state index contributed by atoms with van der Waals surface area (Å²) in [6.07, 6.45) is 2.27. The Morgan fingerprint density at radius 3 is 2.50 bits per heavy atom. The molecular formula is C16H23N3O3. The first-order chi connectivity index (χ1) is 10.6. The number of nitrogens with two attached hydrogens (primary N) is 1. The number of anilines is 1. The first-order valence-corrected chi connectivity index (χ1v) is 7.49. The third-order valence-electron chi connectivity index (χ3n) is 3.95. The number of rotatable bonds is 7. The van der Waals surface area contributed by atoms with E-state index in [1.807, 2.05) is 31.2 Å². The van der Waals surface area contributed by atoms with Gasteiger partial charge >= 0.3 is 0 Å². The van der Waals surface area contributed by atoms with Gasteiger partial charge in [0.05, 0.1) is 20.2 Å². The third-order valence-corrected chi connectivity index (χ3v) is 3.95. The van der Waals surface area contributed by atoms with Gasteiger partial charge in [-0.2, -0.15) is 0 Å². The molecule has 120 valence electrons. The molecule has 1 aliphatic rings. The summed E-state index contributed by atoms with van der Waals surface area (Å²) < 4.78 is 5.15. The van der Waals surface area contributed by atoms with Crippen molar-refractivity contribution < 1.29 is 14.3 Å². The highest BCUT2D eigenvalue weighted by atomic mass is 16.5. The number of benzene rings is 1. The third kappa shape index (κ3) is 3.98. The summed E-state index contributed by atoms with van der Waals surface area (Å²) in [6, 6.07) is 7.48. The number of nitrogens with zero attached hydrogens (tertiary/aromatic N) is 1. The molecule has 1 aromatic rings. The Balaban J connectivity index is 2.14. The number of hydrogen-bond donors (Lipinski definition) is 2. The van der Waals surface area contributed by atoms with E-state index in [0.717, 1.165) is 24.3 Å². The molecule has 22 heavy (non-hydrogen) atoms. The van der Waals surface area contributed by atoms with Crippen LogP contribution in [0, 0.1) is 5.92 Å². The maximum absolute atomic E-state index is 12.5. The zero-order chi connectivity index (χ0) is 16.1. The van der Waals surface area contributed by atoms with Crippen molar-refractivity contribution in [2.45, 2.75) is 25.8 Å². The molecule has 1 fully saturated rings. The highest BCUT2D eigenvalue weighted by Gasteiger charge is 2.35. The van der Waals surface area contributed by atoms with Crippen LogP contribution in [-0.2, 0) is 9.59 Å². The fourth-order valence-electron chi connectivity index (χ4n) is 2.47. The molecule has 2 amide bonds. The van der Waals surface area contributed by atoms with Gasteiger partial charge < -0.3 is 20.7 Å². The number of methoxy groups -OCH3 is 1. The lowest BCUT2D eigenvalue weighted by atomic mass is 10.1. The van der Waals surface area contributed by atoms with E-state index in [4.69, 9.17) is 10.5 Å². The van der Waals surface area contributed by atoms with Gasteiger partial charge in [0.25, 0.3) is 0 Å². The van der Waals surface area contributed by atoms with E-state index in [2.05, 4.69) is 5.32 Å². The molecule has 1 saturated carbocycles. The minimum atomic E-state index is -0.331. The van der Waals surface area contributed by atoms with Crippen LogP contribution >= 0.6 is 0 Å². The molecule has 0 saturated heterocycles. The summed E-state index contributed by atoms with van der Waals surface area (Å²) in [5.74, 6) is 0.802. The molecule has 0 bridgehead atoms. The molecular weight excluding hydrogens is 282 g/mol. The Hall–Kier alpha value is -2.08. The lowest BCUT2D eigenvalue weighted by molar-refractivity contribution is -0.124. The van der Waals surface area contributed by atoms with Gasteiger partial charge in [-0.15, -0.1) is 0 Å². The van der Waals surface area contributed by atoms with E-state index in [1.54, 1.807) is 12.0 Å². The summed E-state index contributed by atoms with van der Waals surface area (Å²) in [5.41, 5.74) is 6.06. The topological polar surface area (TPSA) is 84.7 Å². The average molecular weight is 305 g/mol. The largest absolute Gasteiger partial charge is 0.497 e. The molecule has 6 heteroatoms. The van der Waals surface area contributed by atoms with Crippen LogP contribution in [0.1, 0.15) is 19.8 Å². The summed E-state index contributed by atoms with van der Waals surface area (Å²) in [5, 5.41) is 2.54. The van der Waals surface area contributed by atoms with Gasteiger partial charge in [0, 0.05) is 11.7 Å². The fourth-order valence-corrected chi connectivity index (χ4v) is 2.47. The van der Waals surface area contributed by atoms with Gasteiger partial charge in [-0.05, 0) is 49.9 Å². The number of ether oxygens (including phenoxy) is 1. The molecule has 1 aliphatic carbocycles. The predicted molar refractivity (Wildman–Crippen MR) is 84.7 cm³/mol. The average Bonchev–Trinajstić information content (AvgIpc) is 3.38. The zero-order valence-corrected chi connectivity index (χ0v) is 13.0.